The van der Waals surface area contributed by atoms with Crippen LogP contribution in [0, 0.1) is 11.3 Å². The molecular formula is C19H28N2O3. The summed E-state index contributed by atoms with van der Waals surface area (Å²) in [5.41, 5.74) is 5.83. The van der Waals surface area contributed by atoms with E-state index < -0.39 is 5.54 Å². The molecule has 0 heterocycles. The number of nitrogens with one attached hydrogen (secondary N) is 1. The maximum Gasteiger partial charge on any atom is 0.245 e. The van der Waals surface area contributed by atoms with E-state index in [1.54, 1.807) is 0 Å². The highest BCUT2D eigenvalue weighted by atomic mass is 16.5. The van der Waals surface area contributed by atoms with Crippen LogP contribution in [0.2, 0.25) is 0 Å². The molecule has 2 aliphatic carbocycles. The second-order valence-corrected chi connectivity index (χ2v) is 7.57. The number of carbonyl (C=O) groups excluding carboxylic acids is 1. The van der Waals surface area contributed by atoms with Crippen LogP contribution in [0.15, 0.2) is 24.3 Å². The molecule has 3 N–H and O–H groups in total. The lowest BCUT2D eigenvalue weighted by Crippen LogP contribution is -2.74. The molecule has 2 fully saturated rings. The number of rotatable bonds is 7. The van der Waals surface area contributed by atoms with Crippen LogP contribution in [0.1, 0.15) is 40.0 Å². The molecular weight excluding hydrogens is 304 g/mol. The van der Waals surface area contributed by atoms with E-state index >= 15 is 0 Å². The maximum atomic E-state index is 12.7. The average molecular weight is 332 g/mol. The fraction of sp³-hybridized carbons (Fsp3) is 0.632. The number of benzene rings is 1. The van der Waals surface area contributed by atoms with Gasteiger partial charge in [0.05, 0.1) is 12.7 Å². The van der Waals surface area contributed by atoms with Gasteiger partial charge < -0.3 is 20.5 Å². The summed E-state index contributed by atoms with van der Waals surface area (Å²) in [4.78, 5) is 12.7. The summed E-state index contributed by atoms with van der Waals surface area (Å²) in [5.74, 6) is 1.40. The molecule has 1 aromatic carbocycles. The van der Waals surface area contributed by atoms with Gasteiger partial charge in [0.15, 0.2) is 0 Å². The first-order valence-corrected chi connectivity index (χ1v) is 8.81. The van der Waals surface area contributed by atoms with Crippen molar-refractivity contribution < 1.29 is 14.3 Å². The molecule has 0 saturated heterocycles. The fourth-order valence-electron chi connectivity index (χ4n) is 3.20. The van der Waals surface area contributed by atoms with Crippen molar-refractivity contribution in [3.8, 4) is 5.75 Å². The molecule has 24 heavy (non-hydrogen) atoms. The first kappa shape index (κ1) is 17.2. The van der Waals surface area contributed by atoms with Gasteiger partial charge in [-0.05, 0) is 49.9 Å². The highest BCUT2D eigenvalue weighted by Gasteiger charge is 2.62. The van der Waals surface area contributed by atoms with E-state index in [0.29, 0.717) is 13.0 Å². The third kappa shape index (κ3) is 3.15. The van der Waals surface area contributed by atoms with Crippen LogP contribution < -0.4 is 15.8 Å². The van der Waals surface area contributed by atoms with Gasteiger partial charge in [-0.3, -0.25) is 4.79 Å². The molecule has 2 aliphatic rings. The van der Waals surface area contributed by atoms with E-state index in [2.05, 4.69) is 5.32 Å². The number of hydrogen-bond acceptors (Lipinski definition) is 4. The Kier molecular flexibility index (Phi) is 4.58. The van der Waals surface area contributed by atoms with Crippen LogP contribution in [-0.4, -0.2) is 30.8 Å². The van der Waals surface area contributed by atoms with Crippen LogP contribution in [0.5, 0.6) is 5.75 Å². The summed E-state index contributed by atoms with van der Waals surface area (Å²) in [6.07, 6.45) is 3.11. The quantitative estimate of drug-likeness (QED) is 0.805. The summed E-state index contributed by atoms with van der Waals surface area (Å²) >= 11 is 0. The summed E-state index contributed by atoms with van der Waals surface area (Å²) in [6.45, 7) is 7.36. The zero-order valence-electron chi connectivity index (χ0n) is 14.8. The Bertz CT molecular complexity index is 595. The van der Waals surface area contributed by atoms with Gasteiger partial charge in [-0.15, -0.1) is 0 Å². The molecule has 1 aromatic rings. The summed E-state index contributed by atoms with van der Waals surface area (Å²) in [7, 11) is 0. The molecule has 5 heteroatoms. The lowest BCUT2D eigenvalue weighted by atomic mass is 9.54. The van der Waals surface area contributed by atoms with Crippen LogP contribution in [0.3, 0.4) is 0 Å². The molecule has 0 aliphatic heterocycles. The molecule has 0 spiro atoms. The van der Waals surface area contributed by atoms with Gasteiger partial charge in [0.1, 0.15) is 11.3 Å². The topological polar surface area (TPSA) is 73.6 Å². The standard InChI is InChI=1S/C19H28N2O3/c1-4-23-16-11-19(20,18(16,2)3)17(22)21-14-7-9-15(10-8-14)24-12-13-5-6-13/h7-10,13,16H,4-6,11-12,20H2,1-3H3,(H,21,22). The van der Waals surface area contributed by atoms with Gasteiger partial charge in [0.2, 0.25) is 5.91 Å². The molecule has 2 saturated carbocycles. The van der Waals surface area contributed by atoms with E-state index in [-0.39, 0.29) is 17.4 Å². The number of anilines is 1. The highest BCUT2D eigenvalue weighted by Crippen LogP contribution is 2.50. The number of hydrogen-bond donors (Lipinski definition) is 2. The molecule has 2 unspecified atom stereocenters. The number of carbonyl (C=O) groups is 1. The molecule has 1 amide bonds. The average Bonchev–Trinajstić information content (AvgIpc) is 3.38. The number of nitrogens with two attached hydrogens (primary N) is 1. The van der Waals surface area contributed by atoms with E-state index in [1.165, 1.54) is 12.8 Å². The third-order valence-electron chi connectivity index (χ3n) is 5.53. The zero-order chi connectivity index (χ0) is 17.4. The Balaban J connectivity index is 1.58. The highest BCUT2D eigenvalue weighted by molar-refractivity contribution is 5.99. The van der Waals surface area contributed by atoms with Crippen molar-refractivity contribution in [2.45, 2.75) is 51.7 Å². The first-order chi connectivity index (χ1) is 11.4. The predicted octanol–water partition coefficient (Wildman–Crippen LogP) is 2.95. The number of ether oxygens (including phenoxy) is 2. The number of amides is 1. The SMILES string of the molecule is CCOC1CC(N)(C(=O)Nc2ccc(OCC3CC3)cc2)C1(C)C. The van der Waals surface area contributed by atoms with Crippen LogP contribution in [0.25, 0.3) is 0 Å². The van der Waals surface area contributed by atoms with E-state index in [1.807, 2.05) is 45.0 Å². The Hall–Kier alpha value is -1.59. The van der Waals surface area contributed by atoms with Crippen LogP contribution in [-0.2, 0) is 9.53 Å². The molecule has 132 valence electrons. The van der Waals surface area contributed by atoms with Gasteiger partial charge >= 0.3 is 0 Å². The minimum absolute atomic E-state index is 0.0245. The van der Waals surface area contributed by atoms with Crippen molar-refractivity contribution in [1.29, 1.82) is 0 Å². The Morgan fingerprint density at radius 3 is 2.50 bits per heavy atom. The monoisotopic (exact) mass is 332 g/mol. The Morgan fingerprint density at radius 1 is 1.29 bits per heavy atom. The van der Waals surface area contributed by atoms with Gasteiger partial charge in [-0.25, -0.2) is 0 Å². The second-order valence-electron chi connectivity index (χ2n) is 7.57. The minimum Gasteiger partial charge on any atom is -0.493 e. The van der Waals surface area contributed by atoms with Gasteiger partial charge in [-0.1, -0.05) is 13.8 Å². The Labute approximate surface area is 143 Å². The fourth-order valence-corrected chi connectivity index (χ4v) is 3.20. The molecule has 0 aromatic heterocycles. The van der Waals surface area contributed by atoms with Crippen molar-refractivity contribution in [3.05, 3.63) is 24.3 Å². The first-order valence-electron chi connectivity index (χ1n) is 8.81. The van der Waals surface area contributed by atoms with Crippen molar-refractivity contribution >= 4 is 11.6 Å². The van der Waals surface area contributed by atoms with E-state index in [4.69, 9.17) is 15.2 Å². The lowest BCUT2D eigenvalue weighted by Gasteiger charge is -2.57. The molecule has 0 radical (unpaired) electrons. The van der Waals surface area contributed by atoms with Gasteiger partial charge in [-0.2, -0.15) is 0 Å². The van der Waals surface area contributed by atoms with Gasteiger partial charge in [0, 0.05) is 24.1 Å². The summed E-state index contributed by atoms with van der Waals surface area (Å²) < 4.78 is 11.4. The smallest absolute Gasteiger partial charge is 0.245 e. The lowest BCUT2D eigenvalue weighted by molar-refractivity contribution is -0.166. The largest absolute Gasteiger partial charge is 0.493 e. The third-order valence-corrected chi connectivity index (χ3v) is 5.53. The van der Waals surface area contributed by atoms with Gasteiger partial charge in [0.25, 0.3) is 0 Å². The summed E-state index contributed by atoms with van der Waals surface area (Å²) in [5, 5.41) is 2.93. The predicted molar refractivity (Wildman–Crippen MR) is 94.0 cm³/mol. The van der Waals surface area contributed by atoms with E-state index in [0.717, 1.165) is 24.0 Å². The molecule has 5 nitrogen and oxygen atoms in total. The van der Waals surface area contributed by atoms with Crippen LogP contribution in [0.4, 0.5) is 5.69 Å². The van der Waals surface area contributed by atoms with Crippen LogP contribution >= 0.6 is 0 Å². The zero-order valence-corrected chi connectivity index (χ0v) is 14.8. The van der Waals surface area contributed by atoms with Crippen molar-refractivity contribution in [3.63, 3.8) is 0 Å². The van der Waals surface area contributed by atoms with Crippen molar-refractivity contribution in [2.75, 3.05) is 18.5 Å². The second kappa shape index (κ2) is 6.37. The Morgan fingerprint density at radius 2 is 1.96 bits per heavy atom. The maximum absolute atomic E-state index is 12.7. The van der Waals surface area contributed by atoms with Crippen molar-refractivity contribution in [1.82, 2.24) is 0 Å². The minimum atomic E-state index is -0.909. The molecule has 3 rings (SSSR count). The summed E-state index contributed by atoms with van der Waals surface area (Å²) in [6, 6.07) is 7.48. The molecule has 2 atom stereocenters. The molecule has 0 bridgehead atoms. The normalized spacial score (nSPS) is 28.1. The van der Waals surface area contributed by atoms with E-state index in [9.17, 15) is 4.79 Å². The van der Waals surface area contributed by atoms with Crippen molar-refractivity contribution in [2.24, 2.45) is 17.1 Å².